The zero-order valence-corrected chi connectivity index (χ0v) is 25.8. The minimum absolute atomic E-state index is 0.0348. The van der Waals surface area contributed by atoms with Crippen LogP contribution in [0.5, 0.6) is 0 Å². The summed E-state index contributed by atoms with van der Waals surface area (Å²) in [5.41, 5.74) is 1.13. The molecule has 47 heavy (non-hydrogen) atoms. The SMILES string of the molecule is O=C(c1ccc(F)cc1)C1CCN(C(=O)c2ccc(CN3CCC4(CCN(Cc5ccc(C(F)(F)F)cc5)CC4)OC3=O)nc2)CC1. The number of ketones is 1. The van der Waals surface area contributed by atoms with Gasteiger partial charge in [-0.15, -0.1) is 0 Å². The Morgan fingerprint density at radius 1 is 0.830 bits per heavy atom. The lowest BCUT2D eigenvalue weighted by Crippen LogP contribution is -2.54. The highest BCUT2D eigenvalue weighted by atomic mass is 19.4. The summed E-state index contributed by atoms with van der Waals surface area (Å²) < 4.78 is 57.7. The first-order valence-corrected chi connectivity index (χ1v) is 15.9. The Bertz CT molecular complexity index is 1580. The number of nitrogens with zero attached hydrogens (tertiary/aromatic N) is 4. The standard InChI is InChI=1S/C35H36F4N4O4/c36-29-8-3-25(4-9-29)31(44)26-11-16-42(17-12-26)32(45)27-5-10-30(40-21-27)23-43-20-15-34(47-33(43)46)13-18-41(19-14-34)22-24-1-6-28(7-2-24)35(37,38)39/h1-10,21,26H,11-20,22-23H2. The highest BCUT2D eigenvalue weighted by Crippen LogP contribution is 2.35. The molecule has 3 saturated heterocycles. The Balaban J connectivity index is 0.948. The van der Waals surface area contributed by atoms with Crippen LogP contribution in [0.4, 0.5) is 22.4 Å². The van der Waals surface area contributed by atoms with E-state index in [4.69, 9.17) is 4.74 Å². The van der Waals surface area contributed by atoms with Gasteiger partial charge in [-0.05, 0) is 66.9 Å². The lowest BCUT2D eigenvalue weighted by molar-refractivity contribution is -0.137. The predicted octanol–water partition coefficient (Wildman–Crippen LogP) is 6.35. The second-order valence-corrected chi connectivity index (χ2v) is 12.7. The number of ether oxygens (including phenoxy) is 1. The number of carbonyl (C=O) groups excluding carboxylic acids is 3. The van der Waals surface area contributed by atoms with E-state index in [-0.39, 0.29) is 24.2 Å². The number of hydrogen-bond donors (Lipinski definition) is 0. The van der Waals surface area contributed by atoms with Crippen LogP contribution in [0.1, 0.15) is 69.6 Å². The maximum absolute atomic E-state index is 13.2. The van der Waals surface area contributed by atoms with E-state index in [0.29, 0.717) is 88.2 Å². The molecule has 2 aromatic carbocycles. The van der Waals surface area contributed by atoms with E-state index >= 15 is 0 Å². The summed E-state index contributed by atoms with van der Waals surface area (Å²) >= 11 is 0. The third-order valence-electron chi connectivity index (χ3n) is 9.56. The van der Waals surface area contributed by atoms with E-state index in [2.05, 4.69) is 9.88 Å². The molecule has 0 aliphatic carbocycles. The average molecular weight is 653 g/mol. The van der Waals surface area contributed by atoms with Gasteiger partial charge in [-0.2, -0.15) is 13.2 Å². The van der Waals surface area contributed by atoms with E-state index < -0.39 is 29.3 Å². The van der Waals surface area contributed by atoms with Crippen molar-refractivity contribution < 1.29 is 36.7 Å². The fraction of sp³-hybridized carbons (Fsp3) is 0.429. The average Bonchev–Trinajstić information content (AvgIpc) is 3.07. The van der Waals surface area contributed by atoms with E-state index in [9.17, 15) is 31.9 Å². The number of alkyl halides is 3. The number of likely N-dealkylation sites (tertiary alicyclic amines) is 2. The van der Waals surface area contributed by atoms with Crippen LogP contribution in [0.25, 0.3) is 0 Å². The van der Waals surface area contributed by atoms with Crippen molar-refractivity contribution >= 4 is 17.8 Å². The van der Waals surface area contributed by atoms with E-state index in [1.807, 2.05) is 0 Å². The summed E-state index contributed by atoms with van der Waals surface area (Å²) in [5.74, 6) is -0.805. The molecule has 8 nitrogen and oxygen atoms in total. The Kier molecular flexibility index (Phi) is 9.32. The Morgan fingerprint density at radius 3 is 2.06 bits per heavy atom. The maximum atomic E-state index is 13.2. The summed E-state index contributed by atoms with van der Waals surface area (Å²) in [6, 6.07) is 14.2. The Hall–Kier alpha value is -4.32. The number of aromatic nitrogens is 1. The van der Waals surface area contributed by atoms with Gasteiger partial charge in [0.2, 0.25) is 0 Å². The molecule has 2 amide bonds. The molecule has 1 aromatic heterocycles. The van der Waals surface area contributed by atoms with Crippen molar-refractivity contribution in [2.75, 3.05) is 32.7 Å². The molecule has 0 radical (unpaired) electrons. The second-order valence-electron chi connectivity index (χ2n) is 12.7. The van der Waals surface area contributed by atoms with Crippen LogP contribution in [0.3, 0.4) is 0 Å². The van der Waals surface area contributed by atoms with Crippen LogP contribution in [0.2, 0.25) is 0 Å². The second kappa shape index (κ2) is 13.4. The number of hydrogen-bond acceptors (Lipinski definition) is 6. The van der Waals surface area contributed by atoms with Crippen molar-refractivity contribution in [1.29, 1.82) is 0 Å². The quantitative estimate of drug-likeness (QED) is 0.219. The zero-order valence-electron chi connectivity index (χ0n) is 25.8. The molecule has 3 aliphatic rings. The molecule has 3 aliphatic heterocycles. The molecule has 0 saturated carbocycles. The van der Waals surface area contributed by atoms with Crippen molar-refractivity contribution in [3.05, 3.63) is 101 Å². The number of halogens is 4. The number of benzene rings is 2. The lowest BCUT2D eigenvalue weighted by atomic mass is 9.86. The summed E-state index contributed by atoms with van der Waals surface area (Å²) in [5, 5.41) is 0. The lowest BCUT2D eigenvalue weighted by Gasteiger charge is -2.45. The van der Waals surface area contributed by atoms with Crippen LogP contribution >= 0.6 is 0 Å². The summed E-state index contributed by atoms with van der Waals surface area (Å²) in [6.45, 7) is 3.51. The minimum atomic E-state index is -4.36. The van der Waals surface area contributed by atoms with Crippen LogP contribution in [-0.4, -0.2) is 75.8 Å². The normalized spacial score (nSPS) is 19.1. The van der Waals surface area contributed by atoms with Gasteiger partial charge in [-0.1, -0.05) is 12.1 Å². The largest absolute Gasteiger partial charge is 0.443 e. The fourth-order valence-electron chi connectivity index (χ4n) is 6.62. The summed E-state index contributed by atoms with van der Waals surface area (Å²) in [6.07, 6.45) is -0.219. The molecular weight excluding hydrogens is 616 g/mol. The predicted molar refractivity (Wildman–Crippen MR) is 164 cm³/mol. The van der Waals surface area contributed by atoms with Gasteiger partial charge in [0, 0.05) is 76.2 Å². The molecule has 0 bridgehead atoms. The molecule has 0 N–H and O–H groups in total. The van der Waals surface area contributed by atoms with Gasteiger partial charge in [0.15, 0.2) is 5.78 Å². The number of pyridine rings is 1. The third-order valence-corrected chi connectivity index (χ3v) is 9.56. The minimum Gasteiger partial charge on any atom is -0.443 e. The smallest absolute Gasteiger partial charge is 0.416 e. The van der Waals surface area contributed by atoms with Crippen LogP contribution in [0.15, 0.2) is 66.9 Å². The van der Waals surface area contributed by atoms with E-state index in [0.717, 1.165) is 17.7 Å². The van der Waals surface area contributed by atoms with Gasteiger partial charge in [-0.3, -0.25) is 19.5 Å². The first-order valence-electron chi connectivity index (χ1n) is 15.9. The maximum Gasteiger partial charge on any atom is 0.416 e. The number of piperidine rings is 2. The Labute approximate surface area is 270 Å². The monoisotopic (exact) mass is 652 g/mol. The third kappa shape index (κ3) is 7.64. The van der Waals surface area contributed by atoms with Gasteiger partial charge in [0.05, 0.1) is 23.4 Å². The molecule has 0 unspecified atom stereocenters. The molecule has 3 fully saturated rings. The summed E-state index contributed by atoms with van der Waals surface area (Å²) in [7, 11) is 0. The van der Waals surface area contributed by atoms with Gasteiger partial charge >= 0.3 is 12.3 Å². The van der Waals surface area contributed by atoms with Gasteiger partial charge in [0.1, 0.15) is 11.4 Å². The first kappa shape index (κ1) is 32.6. The van der Waals surface area contributed by atoms with Crippen molar-refractivity contribution in [3.63, 3.8) is 0 Å². The number of Topliss-reactive ketones (excluding diaryl/α,β-unsaturated/α-hetero) is 1. The van der Waals surface area contributed by atoms with Crippen molar-refractivity contribution in [2.45, 2.75) is 57.0 Å². The topological polar surface area (TPSA) is 83.0 Å². The van der Waals surface area contributed by atoms with Crippen molar-refractivity contribution in [2.24, 2.45) is 5.92 Å². The van der Waals surface area contributed by atoms with Crippen molar-refractivity contribution in [1.82, 2.24) is 19.7 Å². The Morgan fingerprint density at radius 2 is 1.47 bits per heavy atom. The fourth-order valence-corrected chi connectivity index (χ4v) is 6.62. The molecule has 248 valence electrons. The molecular formula is C35H36F4N4O4. The van der Waals surface area contributed by atoms with Crippen LogP contribution < -0.4 is 0 Å². The van der Waals surface area contributed by atoms with E-state index in [1.165, 1.54) is 42.6 Å². The van der Waals surface area contributed by atoms with Crippen molar-refractivity contribution in [3.8, 4) is 0 Å². The van der Waals surface area contributed by atoms with Crippen LogP contribution in [-0.2, 0) is 24.0 Å². The molecule has 3 aromatic rings. The summed E-state index contributed by atoms with van der Waals surface area (Å²) in [4.78, 5) is 48.8. The first-order chi connectivity index (χ1) is 22.5. The molecule has 6 rings (SSSR count). The molecule has 4 heterocycles. The van der Waals surface area contributed by atoms with Gasteiger partial charge < -0.3 is 14.5 Å². The number of amides is 2. The van der Waals surface area contributed by atoms with Gasteiger partial charge in [0.25, 0.3) is 5.91 Å². The molecule has 1 spiro atoms. The number of rotatable bonds is 7. The highest BCUT2D eigenvalue weighted by molar-refractivity contribution is 5.98. The van der Waals surface area contributed by atoms with E-state index in [1.54, 1.807) is 21.9 Å². The van der Waals surface area contributed by atoms with Crippen LogP contribution in [0, 0.1) is 11.7 Å². The number of carbonyl (C=O) groups is 3. The molecule has 12 heteroatoms. The zero-order chi connectivity index (χ0) is 33.2. The highest BCUT2D eigenvalue weighted by Gasteiger charge is 2.43. The van der Waals surface area contributed by atoms with Gasteiger partial charge in [-0.25, -0.2) is 9.18 Å². The molecule has 0 atom stereocenters.